The number of benzene rings is 2. The second-order valence-electron chi connectivity index (χ2n) is 4.71. The van der Waals surface area contributed by atoms with Crippen molar-refractivity contribution >= 4 is 5.69 Å². The Morgan fingerprint density at radius 3 is 2.58 bits per heavy atom. The van der Waals surface area contributed by atoms with Gasteiger partial charge in [0.2, 0.25) is 0 Å². The normalized spacial score (nSPS) is 10.3. The van der Waals surface area contributed by atoms with Gasteiger partial charge in [0.05, 0.1) is 12.3 Å². The molecule has 0 aliphatic rings. The summed E-state index contributed by atoms with van der Waals surface area (Å²) in [5, 5.41) is 3.45. The van der Waals surface area contributed by atoms with Crippen LogP contribution in [0.4, 0.5) is 5.69 Å². The SMILES string of the molecule is CCOc1ccccc1NCc1ccc(C)cc1C. The Bertz CT molecular complexity index is 549. The Morgan fingerprint density at radius 1 is 1.05 bits per heavy atom. The van der Waals surface area contributed by atoms with Gasteiger partial charge in [-0.05, 0) is 44.0 Å². The van der Waals surface area contributed by atoms with Gasteiger partial charge in [-0.15, -0.1) is 0 Å². The van der Waals surface area contributed by atoms with E-state index in [-0.39, 0.29) is 0 Å². The van der Waals surface area contributed by atoms with Crippen LogP contribution in [0.1, 0.15) is 23.6 Å². The van der Waals surface area contributed by atoms with Crippen molar-refractivity contribution in [2.75, 3.05) is 11.9 Å². The van der Waals surface area contributed by atoms with Gasteiger partial charge >= 0.3 is 0 Å². The number of ether oxygens (including phenoxy) is 1. The quantitative estimate of drug-likeness (QED) is 0.859. The van der Waals surface area contributed by atoms with Crippen molar-refractivity contribution in [1.82, 2.24) is 0 Å². The minimum absolute atomic E-state index is 0.683. The number of hydrogen-bond donors (Lipinski definition) is 1. The lowest BCUT2D eigenvalue weighted by Crippen LogP contribution is -2.04. The first-order chi connectivity index (χ1) is 9.20. The molecule has 0 saturated heterocycles. The van der Waals surface area contributed by atoms with Crippen molar-refractivity contribution in [3.63, 3.8) is 0 Å². The smallest absolute Gasteiger partial charge is 0.142 e. The van der Waals surface area contributed by atoms with E-state index in [9.17, 15) is 0 Å². The fourth-order valence-electron chi connectivity index (χ4n) is 2.13. The molecule has 0 unspecified atom stereocenters. The Labute approximate surface area is 115 Å². The molecule has 0 aliphatic heterocycles. The highest BCUT2D eigenvalue weighted by molar-refractivity contribution is 5.56. The maximum absolute atomic E-state index is 5.61. The molecule has 0 aliphatic carbocycles. The molecule has 0 fully saturated rings. The molecule has 2 aromatic carbocycles. The maximum Gasteiger partial charge on any atom is 0.142 e. The number of hydrogen-bond acceptors (Lipinski definition) is 2. The van der Waals surface area contributed by atoms with E-state index in [0.29, 0.717) is 6.61 Å². The third kappa shape index (κ3) is 3.50. The lowest BCUT2D eigenvalue weighted by atomic mass is 10.1. The molecule has 100 valence electrons. The van der Waals surface area contributed by atoms with Crippen LogP contribution in [0.25, 0.3) is 0 Å². The lowest BCUT2D eigenvalue weighted by molar-refractivity contribution is 0.341. The molecule has 0 spiro atoms. The third-order valence-electron chi connectivity index (χ3n) is 3.15. The minimum Gasteiger partial charge on any atom is -0.492 e. The van der Waals surface area contributed by atoms with Crippen LogP contribution in [0, 0.1) is 13.8 Å². The standard InChI is InChI=1S/C17H21NO/c1-4-19-17-8-6-5-7-16(17)18-12-15-10-9-13(2)11-14(15)3/h5-11,18H,4,12H2,1-3H3. The van der Waals surface area contributed by atoms with Crippen LogP contribution in [0.15, 0.2) is 42.5 Å². The zero-order valence-corrected chi connectivity index (χ0v) is 11.9. The number of nitrogens with one attached hydrogen (secondary N) is 1. The number of anilines is 1. The average molecular weight is 255 g/mol. The van der Waals surface area contributed by atoms with E-state index in [4.69, 9.17) is 4.74 Å². The van der Waals surface area contributed by atoms with E-state index in [1.54, 1.807) is 0 Å². The van der Waals surface area contributed by atoms with Crippen molar-refractivity contribution in [3.05, 3.63) is 59.2 Å². The largest absolute Gasteiger partial charge is 0.492 e. The van der Waals surface area contributed by atoms with Gasteiger partial charge in [0.15, 0.2) is 0 Å². The molecule has 0 amide bonds. The molecule has 0 heterocycles. The highest BCUT2D eigenvalue weighted by Gasteiger charge is 2.03. The topological polar surface area (TPSA) is 21.3 Å². The Kier molecular flexibility index (Phi) is 4.45. The summed E-state index contributed by atoms with van der Waals surface area (Å²) >= 11 is 0. The molecule has 2 aromatic rings. The zero-order valence-electron chi connectivity index (χ0n) is 11.9. The van der Waals surface area contributed by atoms with Crippen LogP contribution in [0.5, 0.6) is 5.75 Å². The zero-order chi connectivity index (χ0) is 13.7. The second kappa shape index (κ2) is 6.28. The third-order valence-corrected chi connectivity index (χ3v) is 3.15. The van der Waals surface area contributed by atoms with Crippen LogP contribution in [0.3, 0.4) is 0 Å². The van der Waals surface area contributed by atoms with Crippen molar-refractivity contribution in [2.24, 2.45) is 0 Å². The van der Waals surface area contributed by atoms with Gasteiger partial charge < -0.3 is 10.1 Å². The summed E-state index contributed by atoms with van der Waals surface area (Å²) in [6.45, 7) is 7.77. The summed E-state index contributed by atoms with van der Waals surface area (Å²) in [7, 11) is 0. The van der Waals surface area contributed by atoms with Gasteiger partial charge in [0.25, 0.3) is 0 Å². The van der Waals surface area contributed by atoms with E-state index >= 15 is 0 Å². The molecule has 2 rings (SSSR count). The van der Waals surface area contributed by atoms with Crippen LogP contribution in [0.2, 0.25) is 0 Å². The predicted molar refractivity (Wildman–Crippen MR) is 80.9 cm³/mol. The highest BCUT2D eigenvalue weighted by Crippen LogP contribution is 2.24. The van der Waals surface area contributed by atoms with Crippen LogP contribution in [-0.4, -0.2) is 6.61 Å². The molecule has 0 aromatic heterocycles. The molecule has 0 bridgehead atoms. The minimum atomic E-state index is 0.683. The Hall–Kier alpha value is -1.96. The van der Waals surface area contributed by atoms with Crippen molar-refractivity contribution in [3.8, 4) is 5.75 Å². The fraction of sp³-hybridized carbons (Fsp3) is 0.294. The van der Waals surface area contributed by atoms with E-state index < -0.39 is 0 Å². The first-order valence-corrected chi connectivity index (χ1v) is 6.72. The summed E-state index contributed by atoms with van der Waals surface area (Å²) < 4.78 is 5.61. The summed E-state index contributed by atoms with van der Waals surface area (Å²) in [4.78, 5) is 0. The predicted octanol–water partition coefficient (Wildman–Crippen LogP) is 4.31. The molecule has 1 N–H and O–H groups in total. The summed E-state index contributed by atoms with van der Waals surface area (Å²) in [6.07, 6.45) is 0. The van der Waals surface area contributed by atoms with Crippen LogP contribution in [-0.2, 0) is 6.54 Å². The molecule has 2 heteroatoms. The van der Waals surface area contributed by atoms with Gasteiger partial charge in [0, 0.05) is 6.54 Å². The molecule has 2 nitrogen and oxygen atoms in total. The van der Waals surface area contributed by atoms with E-state index in [2.05, 4.69) is 43.4 Å². The van der Waals surface area contributed by atoms with Crippen molar-refractivity contribution < 1.29 is 4.74 Å². The summed E-state index contributed by atoms with van der Waals surface area (Å²) in [5.41, 5.74) is 4.98. The van der Waals surface area contributed by atoms with Gasteiger partial charge in [0.1, 0.15) is 5.75 Å². The first-order valence-electron chi connectivity index (χ1n) is 6.72. The summed E-state index contributed by atoms with van der Waals surface area (Å²) in [5.74, 6) is 0.912. The van der Waals surface area contributed by atoms with Gasteiger partial charge in [-0.25, -0.2) is 0 Å². The van der Waals surface area contributed by atoms with Crippen LogP contribution >= 0.6 is 0 Å². The van der Waals surface area contributed by atoms with E-state index in [0.717, 1.165) is 18.0 Å². The molecule has 0 radical (unpaired) electrons. The number of rotatable bonds is 5. The van der Waals surface area contributed by atoms with Crippen molar-refractivity contribution in [1.29, 1.82) is 0 Å². The fourth-order valence-corrected chi connectivity index (χ4v) is 2.13. The van der Waals surface area contributed by atoms with Crippen LogP contribution < -0.4 is 10.1 Å². The number of para-hydroxylation sites is 2. The Balaban J connectivity index is 2.10. The number of aryl methyl sites for hydroxylation is 2. The van der Waals surface area contributed by atoms with E-state index in [1.165, 1.54) is 16.7 Å². The molecular weight excluding hydrogens is 234 g/mol. The molecular formula is C17H21NO. The van der Waals surface area contributed by atoms with E-state index in [1.807, 2.05) is 25.1 Å². The van der Waals surface area contributed by atoms with Crippen molar-refractivity contribution in [2.45, 2.75) is 27.3 Å². The lowest BCUT2D eigenvalue weighted by Gasteiger charge is -2.13. The van der Waals surface area contributed by atoms with Gasteiger partial charge in [-0.1, -0.05) is 35.9 Å². The monoisotopic (exact) mass is 255 g/mol. The first kappa shape index (κ1) is 13.5. The molecule has 19 heavy (non-hydrogen) atoms. The highest BCUT2D eigenvalue weighted by atomic mass is 16.5. The summed E-state index contributed by atoms with van der Waals surface area (Å²) in [6, 6.07) is 14.6. The molecule has 0 atom stereocenters. The second-order valence-corrected chi connectivity index (χ2v) is 4.71. The van der Waals surface area contributed by atoms with Gasteiger partial charge in [-0.2, -0.15) is 0 Å². The average Bonchev–Trinajstić information content (AvgIpc) is 2.40. The molecule has 0 saturated carbocycles. The maximum atomic E-state index is 5.61. The van der Waals surface area contributed by atoms with Gasteiger partial charge in [-0.3, -0.25) is 0 Å². The Morgan fingerprint density at radius 2 is 1.84 bits per heavy atom.